The van der Waals surface area contributed by atoms with E-state index < -0.39 is 0 Å². The molecule has 2 N–H and O–H groups in total. The van der Waals surface area contributed by atoms with Crippen LogP contribution in [0.4, 0.5) is 5.82 Å². The average molecular weight is 310 g/mol. The number of rotatable bonds is 2. The first kappa shape index (κ1) is 11.9. The standard InChI is InChI=1S/C12H16BrN5/c1-7-14-11(16-8-5-3-2-4-6-8)9-10(13)17-18-12(9)15-7/h8H,2-6H2,1H3,(H2,14,15,16,17,18). The zero-order valence-corrected chi connectivity index (χ0v) is 11.9. The summed E-state index contributed by atoms with van der Waals surface area (Å²) >= 11 is 3.47. The molecule has 1 aliphatic carbocycles. The van der Waals surface area contributed by atoms with Gasteiger partial charge in [-0.3, -0.25) is 5.10 Å². The van der Waals surface area contributed by atoms with E-state index in [4.69, 9.17) is 0 Å². The van der Waals surface area contributed by atoms with Crippen molar-refractivity contribution in [3.63, 3.8) is 0 Å². The van der Waals surface area contributed by atoms with Crippen LogP contribution in [0.1, 0.15) is 37.9 Å². The van der Waals surface area contributed by atoms with Gasteiger partial charge in [-0.05, 0) is 35.7 Å². The van der Waals surface area contributed by atoms with Gasteiger partial charge in [0.15, 0.2) is 5.65 Å². The molecule has 2 aromatic rings. The van der Waals surface area contributed by atoms with Crippen LogP contribution in [0, 0.1) is 6.92 Å². The van der Waals surface area contributed by atoms with Crippen molar-refractivity contribution in [2.24, 2.45) is 0 Å². The highest BCUT2D eigenvalue weighted by Gasteiger charge is 2.18. The van der Waals surface area contributed by atoms with Gasteiger partial charge in [0.2, 0.25) is 0 Å². The summed E-state index contributed by atoms with van der Waals surface area (Å²) in [6.45, 7) is 1.90. The summed E-state index contributed by atoms with van der Waals surface area (Å²) in [6.07, 6.45) is 6.40. The lowest BCUT2D eigenvalue weighted by molar-refractivity contribution is 0.462. The highest BCUT2D eigenvalue weighted by atomic mass is 79.9. The minimum atomic E-state index is 0.526. The van der Waals surface area contributed by atoms with Gasteiger partial charge in [0.1, 0.15) is 16.2 Å². The highest BCUT2D eigenvalue weighted by Crippen LogP contribution is 2.29. The van der Waals surface area contributed by atoms with Crippen molar-refractivity contribution in [3.8, 4) is 0 Å². The Morgan fingerprint density at radius 3 is 2.78 bits per heavy atom. The van der Waals surface area contributed by atoms with E-state index in [9.17, 15) is 0 Å². The van der Waals surface area contributed by atoms with Crippen LogP contribution in [0.2, 0.25) is 0 Å². The fraction of sp³-hybridized carbons (Fsp3) is 0.583. The largest absolute Gasteiger partial charge is 0.367 e. The number of hydrogen-bond donors (Lipinski definition) is 2. The molecule has 2 aromatic heterocycles. The molecule has 2 heterocycles. The number of nitrogens with one attached hydrogen (secondary N) is 2. The molecule has 1 saturated carbocycles. The van der Waals surface area contributed by atoms with Crippen LogP contribution < -0.4 is 5.32 Å². The van der Waals surface area contributed by atoms with Crippen LogP contribution in [-0.4, -0.2) is 26.2 Å². The molecule has 1 aliphatic rings. The maximum atomic E-state index is 4.52. The van der Waals surface area contributed by atoms with E-state index in [2.05, 4.69) is 41.4 Å². The summed E-state index contributed by atoms with van der Waals surface area (Å²) in [5.74, 6) is 1.64. The van der Waals surface area contributed by atoms with E-state index in [1.165, 1.54) is 32.1 Å². The van der Waals surface area contributed by atoms with Crippen LogP contribution in [0.5, 0.6) is 0 Å². The normalized spacial score (nSPS) is 17.2. The summed E-state index contributed by atoms with van der Waals surface area (Å²) in [4.78, 5) is 8.84. The molecule has 0 aromatic carbocycles. The number of fused-ring (bicyclic) bond motifs is 1. The lowest BCUT2D eigenvalue weighted by atomic mass is 9.95. The van der Waals surface area contributed by atoms with E-state index >= 15 is 0 Å². The van der Waals surface area contributed by atoms with E-state index in [1.54, 1.807) is 0 Å². The average Bonchev–Trinajstić information content (AvgIpc) is 2.72. The second-order valence-corrected chi connectivity index (χ2v) is 5.63. The molecule has 1 fully saturated rings. The summed E-state index contributed by atoms with van der Waals surface area (Å²) in [6, 6.07) is 0.526. The van der Waals surface area contributed by atoms with Gasteiger partial charge in [0.25, 0.3) is 0 Å². The second kappa shape index (κ2) is 4.84. The molecule has 0 aliphatic heterocycles. The monoisotopic (exact) mass is 309 g/mol. The maximum Gasteiger partial charge on any atom is 0.187 e. The van der Waals surface area contributed by atoms with Gasteiger partial charge in [-0.15, -0.1) is 0 Å². The first-order chi connectivity index (χ1) is 8.74. The SMILES string of the molecule is Cc1nc(NC2CCCCC2)c2c(Br)[nH]nc2n1. The number of aryl methyl sites for hydroxylation is 1. The zero-order valence-electron chi connectivity index (χ0n) is 10.3. The van der Waals surface area contributed by atoms with Crippen LogP contribution in [0.15, 0.2) is 4.60 Å². The number of nitrogens with zero attached hydrogens (tertiary/aromatic N) is 3. The predicted molar refractivity (Wildman–Crippen MR) is 74.6 cm³/mol. The number of aromatic nitrogens is 4. The van der Waals surface area contributed by atoms with Crippen LogP contribution in [-0.2, 0) is 0 Å². The minimum absolute atomic E-state index is 0.526. The van der Waals surface area contributed by atoms with Gasteiger partial charge in [-0.1, -0.05) is 19.3 Å². The molecule has 0 unspecified atom stereocenters. The number of anilines is 1. The summed E-state index contributed by atoms with van der Waals surface area (Å²) < 4.78 is 0.843. The maximum absolute atomic E-state index is 4.52. The smallest absolute Gasteiger partial charge is 0.187 e. The Morgan fingerprint density at radius 1 is 1.22 bits per heavy atom. The lowest BCUT2D eigenvalue weighted by Gasteiger charge is -2.23. The van der Waals surface area contributed by atoms with E-state index in [0.29, 0.717) is 11.7 Å². The Kier molecular flexibility index (Phi) is 3.20. The predicted octanol–water partition coefficient (Wildman–Crippen LogP) is 3.17. The third-order valence-corrected chi connectivity index (χ3v) is 4.00. The van der Waals surface area contributed by atoms with Gasteiger partial charge in [0.05, 0.1) is 5.39 Å². The molecule has 0 saturated heterocycles. The van der Waals surface area contributed by atoms with Gasteiger partial charge < -0.3 is 5.32 Å². The summed E-state index contributed by atoms with van der Waals surface area (Å²) in [5, 5.41) is 11.6. The third kappa shape index (κ3) is 2.21. The molecule has 0 bridgehead atoms. The molecule has 3 rings (SSSR count). The van der Waals surface area contributed by atoms with E-state index in [0.717, 1.165) is 21.6 Å². The number of halogens is 1. The van der Waals surface area contributed by atoms with Gasteiger partial charge in [-0.2, -0.15) is 5.10 Å². The molecule has 5 nitrogen and oxygen atoms in total. The lowest BCUT2D eigenvalue weighted by Crippen LogP contribution is -2.23. The van der Waals surface area contributed by atoms with E-state index in [-0.39, 0.29) is 0 Å². The fourth-order valence-corrected chi connectivity index (χ4v) is 3.00. The number of H-pyrrole nitrogens is 1. The molecule has 0 amide bonds. The van der Waals surface area contributed by atoms with Crippen molar-refractivity contribution in [3.05, 3.63) is 10.4 Å². The van der Waals surface area contributed by atoms with Gasteiger partial charge in [0, 0.05) is 6.04 Å². The van der Waals surface area contributed by atoms with Crippen LogP contribution in [0.3, 0.4) is 0 Å². The summed E-state index contributed by atoms with van der Waals surface area (Å²) in [5.41, 5.74) is 0.715. The minimum Gasteiger partial charge on any atom is -0.367 e. The van der Waals surface area contributed by atoms with E-state index in [1.807, 2.05) is 6.92 Å². The first-order valence-corrected chi connectivity index (χ1v) is 7.18. The van der Waals surface area contributed by atoms with Crippen molar-refractivity contribution in [2.45, 2.75) is 45.1 Å². The Morgan fingerprint density at radius 2 is 2.00 bits per heavy atom. The molecular weight excluding hydrogens is 294 g/mol. The van der Waals surface area contributed by atoms with Crippen LogP contribution in [0.25, 0.3) is 11.0 Å². The topological polar surface area (TPSA) is 66.5 Å². The zero-order chi connectivity index (χ0) is 12.5. The number of aromatic amines is 1. The Balaban J connectivity index is 1.96. The van der Waals surface area contributed by atoms with Crippen molar-refractivity contribution in [1.29, 1.82) is 0 Å². The molecule has 0 spiro atoms. The fourth-order valence-electron chi connectivity index (χ4n) is 2.54. The Bertz CT molecular complexity index is 559. The molecular formula is C12H16BrN5. The Labute approximate surface area is 114 Å². The Hall–Kier alpha value is -1.17. The quantitative estimate of drug-likeness (QED) is 0.894. The van der Waals surface area contributed by atoms with Crippen LogP contribution >= 0.6 is 15.9 Å². The molecule has 0 atom stereocenters. The molecule has 96 valence electrons. The number of hydrogen-bond acceptors (Lipinski definition) is 4. The van der Waals surface area contributed by atoms with Crippen molar-refractivity contribution < 1.29 is 0 Å². The second-order valence-electron chi connectivity index (χ2n) is 4.83. The van der Waals surface area contributed by atoms with Crippen molar-refractivity contribution in [1.82, 2.24) is 20.2 Å². The molecule has 0 radical (unpaired) electrons. The third-order valence-electron chi connectivity index (χ3n) is 3.43. The first-order valence-electron chi connectivity index (χ1n) is 6.39. The van der Waals surface area contributed by atoms with Gasteiger partial charge in [-0.25, -0.2) is 9.97 Å². The molecule has 6 heteroatoms. The van der Waals surface area contributed by atoms with Crippen molar-refractivity contribution >= 4 is 32.8 Å². The van der Waals surface area contributed by atoms with Crippen molar-refractivity contribution in [2.75, 3.05) is 5.32 Å². The molecule has 18 heavy (non-hydrogen) atoms. The van der Waals surface area contributed by atoms with Gasteiger partial charge >= 0.3 is 0 Å². The highest BCUT2D eigenvalue weighted by molar-refractivity contribution is 9.10. The summed E-state index contributed by atoms with van der Waals surface area (Å²) in [7, 11) is 0.